The van der Waals surface area contributed by atoms with E-state index in [2.05, 4.69) is 22.4 Å². The molecule has 1 unspecified atom stereocenters. The van der Waals surface area contributed by atoms with E-state index in [4.69, 9.17) is 0 Å². The zero-order valence-electron chi connectivity index (χ0n) is 17.1. The number of benzene rings is 2. The van der Waals surface area contributed by atoms with E-state index in [-0.39, 0.29) is 29.3 Å². The quantitative estimate of drug-likeness (QED) is 0.447. The summed E-state index contributed by atoms with van der Waals surface area (Å²) in [4.78, 5) is 29.9. The minimum Gasteiger partial charge on any atom is -0.353 e. The fraction of sp³-hybridized carbons (Fsp3) is 0.348. The zero-order valence-corrected chi connectivity index (χ0v) is 17.9. The Morgan fingerprint density at radius 2 is 1.76 bits per heavy atom. The maximum atomic E-state index is 12.8. The lowest BCUT2D eigenvalue weighted by Gasteiger charge is -2.17. The maximum absolute atomic E-state index is 12.8. The molecular formula is C23H27N3O2S. The van der Waals surface area contributed by atoms with Gasteiger partial charge in [-0.05, 0) is 51.3 Å². The molecule has 5 nitrogen and oxygen atoms in total. The Kier molecular flexibility index (Phi) is 7.09. The SMILES string of the molecule is CC(CCc1ccccc1)NC(=O)CSc1nc2ccccc2c(=O)n1C(C)C. The Bertz CT molecular complexity index is 1030. The first kappa shape index (κ1) is 21.1. The molecule has 29 heavy (non-hydrogen) atoms. The predicted molar refractivity (Wildman–Crippen MR) is 119 cm³/mol. The van der Waals surface area contributed by atoms with Gasteiger partial charge in [-0.25, -0.2) is 4.98 Å². The molecule has 152 valence electrons. The lowest BCUT2D eigenvalue weighted by atomic mass is 10.1. The second-order valence-corrected chi connectivity index (χ2v) is 8.40. The molecule has 3 aromatic rings. The number of carbonyl (C=O) groups excluding carboxylic acids is 1. The molecule has 1 amide bonds. The summed E-state index contributed by atoms with van der Waals surface area (Å²) in [7, 11) is 0. The van der Waals surface area contributed by atoms with Crippen LogP contribution in [0.2, 0.25) is 0 Å². The number of thioether (sulfide) groups is 1. The predicted octanol–water partition coefficient (Wildman–Crippen LogP) is 4.21. The molecular weight excluding hydrogens is 382 g/mol. The number of nitrogens with zero attached hydrogens (tertiary/aromatic N) is 2. The minimum absolute atomic E-state index is 0.0324. The van der Waals surface area contributed by atoms with E-state index >= 15 is 0 Å². The van der Waals surface area contributed by atoms with Crippen molar-refractivity contribution in [2.75, 3.05) is 5.75 Å². The lowest BCUT2D eigenvalue weighted by molar-refractivity contribution is -0.119. The first-order valence-electron chi connectivity index (χ1n) is 9.93. The van der Waals surface area contributed by atoms with Gasteiger partial charge in [0.2, 0.25) is 5.91 Å². The van der Waals surface area contributed by atoms with Crippen LogP contribution in [0.1, 0.15) is 38.8 Å². The van der Waals surface area contributed by atoms with Crippen molar-refractivity contribution < 1.29 is 4.79 Å². The first-order valence-corrected chi connectivity index (χ1v) is 10.9. The zero-order chi connectivity index (χ0) is 20.8. The van der Waals surface area contributed by atoms with E-state index < -0.39 is 0 Å². The fourth-order valence-electron chi connectivity index (χ4n) is 3.23. The van der Waals surface area contributed by atoms with Gasteiger partial charge in [-0.1, -0.05) is 54.2 Å². The molecule has 0 aliphatic heterocycles. The van der Waals surface area contributed by atoms with Crippen molar-refractivity contribution in [1.82, 2.24) is 14.9 Å². The third-order valence-corrected chi connectivity index (χ3v) is 5.69. The molecule has 0 saturated carbocycles. The highest BCUT2D eigenvalue weighted by molar-refractivity contribution is 7.99. The second-order valence-electron chi connectivity index (χ2n) is 7.46. The molecule has 0 spiro atoms. The van der Waals surface area contributed by atoms with E-state index in [0.717, 1.165) is 12.8 Å². The summed E-state index contributed by atoms with van der Waals surface area (Å²) in [6, 6.07) is 17.6. The summed E-state index contributed by atoms with van der Waals surface area (Å²) in [5.74, 6) is 0.181. The van der Waals surface area contributed by atoms with Gasteiger partial charge < -0.3 is 5.32 Å². The summed E-state index contributed by atoms with van der Waals surface area (Å²) in [6.07, 6.45) is 1.81. The summed E-state index contributed by atoms with van der Waals surface area (Å²) >= 11 is 1.31. The maximum Gasteiger partial charge on any atom is 0.262 e. The number of aryl methyl sites for hydroxylation is 1. The molecule has 0 fully saturated rings. The largest absolute Gasteiger partial charge is 0.353 e. The van der Waals surface area contributed by atoms with E-state index in [1.807, 2.05) is 57.2 Å². The smallest absolute Gasteiger partial charge is 0.262 e. The van der Waals surface area contributed by atoms with Gasteiger partial charge in [0.15, 0.2) is 5.16 Å². The van der Waals surface area contributed by atoms with Crippen molar-refractivity contribution in [1.29, 1.82) is 0 Å². The van der Waals surface area contributed by atoms with Crippen LogP contribution in [0.15, 0.2) is 64.5 Å². The van der Waals surface area contributed by atoms with Crippen molar-refractivity contribution in [3.05, 3.63) is 70.5 Å². The average Bonchev–Trinajstić information content (AvgIpc) is 2.71. The summed E-state index contributed by atoms with van der Waals surface area (Å²) < 4.78 is 1.67. The van der Waals surface area contributed by atoms with Crippen LogP contribution in [0.4, 0.5) is 0 Å². The molecule has 3 rings (SSSR count). The van der Waals surface area contributed by atoms with Gasteiger partial charge >= 0.3 is 0 Å². The number of hydrogen-bond acceptors (Lipinski definition) is 4. The van der Waals surface area contributed by atoms with Crippen LogP contribution in [0, 0.1) is 0 Å². The van der Waals surface area contributed by atoms with Crippen LogP contribution in [-0.2, 0) is 11.2 Å². The van der Waals surface area contributed by atoms with Gasteiger partial charge in [-0.3, -0.25) is 14.2 Å². The van der Waals surface area contributed by atoms with Crippen LogP contribution >= 0.6 is 11.8 Å². The topological polar surface area (TPSA) is 64.0 Å². The Hall–Kier alpha value is -2.60. The molecule has 0 saturated heterocycles. The van der Waals surface area contributed by atoms with Gasteiger partial charge in [0.25, 0.3) is 5.56 Å². The number of aromatic nitrogens is 2. The third kappa shape index (κ3) is 5.48. The van der Waals surface area contributed by atoms with E-state index in [1.54, 1.807) is 10.6 Å². The molecule has 0 radical (unpaired) electrons. The van der Waals surface area contributed by atoms with Crippen molar-refractivity contribution >= 4 is 28.6 Å². The lowest BCUT2D eigenvalue weighted by Crippen LogP contribution is -2.34. The third-order valence-electron chi connectivity index (χ3n) is 4.74. The van der Waals surface area contributed by atoms with Crippen molar-refractivity contribution in [3.63, 3.8) is 0 Å². The molecule has 0 aliphatic carbocycles. The molecule has 6 heteroatoms. The first-order chi connectivity index (χ1) is 14.0. The monoisotopic (exact) mass is 409 g/mol. The highest BCUT2D eigenvalue weighted by Gasteiger charge is 2.16. The van der Waals surface area contributed by atoms with E-state index in [1.165, 1.54) is 17.3 Å². The van der Waals surface area contributed by atoms with E-state index in [9.17, 15) is 9.59 Å². The summed E-state index contributed by atoms with van der Waals surface area (Å²) in [5.41, 5.74) is 1.86. The van der Waals surface area contributed by atoms with Crippen LogP contribution in [-0.4, -0.2) is 27.3 Å². The number of carbonyl (C=O) groups is 1. The van der Waals surface area contributed by atoms with Gasteiger partial charge in [0.1, 0.15) is 0 Å². The number of fused-ring (bicyclic) bond motifs is 1. The number of hydrogen-bond donors (Lipinski definition) is 1. The fourth-order valence-corrected chi connectivity index (χ4v) is 4.17. The van der Waals surface area contributed by atoms with Gasteiger partial charge in [-0.2, -0.15) is 0 Å². The highest BCUT2D eigenvalue weighted by atomic mass is 32.2. The summed E-state index contributed by atoms with van der Waals surface area (Å²) in [5, 5.41) is 4.23. The highest BCUT2D eigenvalue weighted by Crippen LogP contribution is 2.20. The number of rotatable bonds is 8. The van der Waals surface area contributed by atoms with Gasteiger partial charge in [0.05, 0.1) is 16.7 Å². The molecule has 1 aromatic heterocycles. The van der Waals surface area contributed by atoms with Crippen molar-refractivity contribution in [3.8, 4) is 0 Å². The molecule has 0 aliphatic rings. The molecule has 1 heterocycles. The molecule has 1 atom stereocenters. The molecule has 2 aromatic carbocycles. The summed E-state index contributed by atoms with van der Waals surface area (Å²) in [6.45, 7) is 5.92. The van der Waals surface area contributed by atoms with Gasteiger partial charge in [0, 0.05) is 12.1 Å². The Labute approximate surface area is 175 Å². The van der Waals surface area contributed by atoms with Crippen LogP contribution in [0.3, 0.4) is 0 Å². The van der Waals surface area contributed by atoms with Crippen LogP contribution in [0.5, 0.6) is 0 Å². The molecule has 0 bridgehead atoms. The van der Waals surface area contributed by atoms with Crippen LogP contribution < -0.4 is 10.9 Å². The minimum atomic E-state index is -0.0651. The number of amides is 1. The average molecular weight is 410 g/mol. The second kappa shape index (κ2) is 9.74. The Morgan fingerprint density at radius 3 is 2.48 bits per heavy atom. The van der Waals surface area contributed by atoms with Crippen LogP contribution in [0.25, 0.3) is 10.9 Å². The number of para-hydroxylation sites is 1. The van der Waals surface area contributed by atoms with E-state index in [0.29, 0.717) is 16.1 Å². The van der Waals surface area contributed by atoms with Crippen molar-refractivity contribution in [2.24, 2.45) is 0 Å². The number of nitrogens with one attached hydrogen (secondary N) is 1. The normalized spacial score (nSPS) is 12.3. The molecule has 1 N–H and O–H groups in total. The van der Waals surface area contributed by atoms with Crippen molar-refractivity contribution in [2.45, 2.75) is 50.9 Å². The Morgan fingerprint density at radius 1 is 1.07 bits per heavy atom. The Balaban J connectivity index is 1.63. The van der Waals surface area contributed by atoms with Gasteiger partial charge in [-0.15, -0.1) is 0 Å². The standard InChI is InChI=1S/C23H27N3O2S/c1-16(2)26-22(28)19-11-7-8-12-20(19)25-23(26)29-15-21(27)24-17(3)13-14-18-9-5-4-6-10-18/h4-12,16-17H,13-15H2,1-3H3,(H,24,27).